The summed E-state index contributed by atoms with van der Waals surface area (Å²) in [7, 11) is 8.49. The fourth-order valence-electron chi connectivity index (χ4n) is 3.03. The summed E-state index contributed by atoms with van der Waals surface area (Å²) in [5.74, 6) is 3.46. The number of para-hydroxylation sites is 1. The molecule has 0 aromatic heterocycles. The summed E-state index contributed by atoms with van der Waals surface area (Å²) in [5.41, 5.74) is 2.05. The molecule has 0 amide bonds. The molecule has 7 nitrogen and oxygen atoms in total. The van der Waals surface area contributed by atoms with Crippen LogP contribution < -0.4 is 24.3 Å². The monoisotopic (exact) mass is 529 g/mol. The number of nitrogens with zero attached hydrogens (tertiary/aromatic N) is 2. The molecule has 0 aliphatic heterocycles. The minimum Gasteiger partial charge on any atom is -0.496 e. The minimum atomic E-state index is 0. The third-order valence-electron chi connectivity index (χ3n) is 4.43. The Bertz CT molecular complexity index is 805. The number of rotatable bonds is 9. The largest absolute Gasteiger partial charge is 0.496 e. The van der Waals surface area contributed by atoms with Crippen LogP contribution >= 0.6 is 24.0 Å². The first kappa shape index (κ1) is 25.7. The van der Waals surface area contributed by atoms with Gasteiger partial charge in [0.05, 0.1) is 35.0 Å². The Hall–Kier alpha value is -2.36. The molecule has 0 unspecified atom stereocenters. The quantitative estimate of drug-likeness (QED) is 0.302. The molecule has 8 heteroatoms. The Kier molecular flexibility index (Phi) is 11.2. The molecule has 0 bridgehead atoms. The van der Waals surface area contributed by atoms with Gasteiger partial charge in [0, 0.05) is 25.7 Å². The van der Waals surface area contributed by atoms with E-state index in [0.717, 1.165) is 29.4 Å². The number of benzene rings is 2. The zero-order valence-electron chi connectivity index (χ0n) is 18.5. The fourth-order valence-corrected chi connectivity index (χ4v) is 3.03. The Morgan fingerprint density at radius 3 is 2.07 bits per heavy atom. The van der Waals surface area contributed by atoms with Crippen LogP contribution in [0.3, 0.4) is 0 Å². The molecular formula is C22H32IN3O4. The summed E-state index contributed by atoms with van der Waals surface area (Å²) >= 11 is 0. The lowest BCUT2D eigenvalue weighted by atomic mass is 10.2. The SMILES string of the molecule is CCNC(=NCc1cc(OC)c(OC)c(OC)c1)N(C)Cc1ccccc1OC.I. The van der Waals surface area contributed by atoms with Gasteiger partial charge in [-0.25, -0.2) is 4.99 Å². The second kappa shape index (κ2) is 13.0. The maximum Gasteiger partial charge on any atom is 0.203 e. The lowest BCUT2D eigenvalue weighted by molar-refractivity contribution is 0.324. The second-order valence-corrected chi connectivity index (χ2v) is 6.37. The number of aliphatic imine (C=N–C) groups is 1. The Labute approximate surface area is 196 Å². The van der Waals surface area contributed by atoms with Gasteiger partial charge in [-0.05, 0) is 30.7 Å². The summed E-state index contributed by atoms with van der Waals surface area (Å²) in [6, 6.07) is 11.8. The highest BCUT2D eigenvalue weighted by Gasteiger charge is 2.14. The molecular weight excluding hydrogens is 497 g/mol. The molecule has 0 radical (unpaired) electrons. The summed E-state index contributed by atoms with van der Waals surface area (Å²) in [5, 5.41) is 3.34. The highest BCUT2D eigenvalue weighted by molar-refractivity contribution is 14.0. The number of halogens is 1. The van der Waals surface area contributed by atoms with Crippen LogP contribution in [0.1, 0.15) is 18.1 Å². The maximum atomic E-state index is 5.46. The molecule has 0 spiro atoms. The van der Waals surface area contributed by atoms with Crippen molar-refractivity contribution in [1.82, 2.24) is 10.2 Å². The summed E-state index contributed by atoms with van der Waals surface area (Å²) in [4.78, 5) is 6.85. The molecule has 0 atom stereocenters. The van der Waals surface area contributed by atoms with Crippen molar-refractivity contribution in [3.05, 3.63) is 47.5 Å². The molecule has 2 aromatic rings. The predicted molar refractivity (Wildman–Crippen MR) is 131 cm³/mol. The van der Waals surface area contributed by atoms with Crippen molar-refractivity contribution < 1.29 is 18.9 Å². The number of hydrogen-bond acceptors (Lipinski definition) is 5. The highest BCUT2D eigenvalue weighted by atomic mass is 127. The molecule has 0 saturated heterocycles. The molecule has 1 N–H and O–H groups in total. The normalized spacial score (nSPS) is 10.7. The Balaban J connectivity index is 0.00000450. The molecule has 0 fully saturated rings. The van der Waals surface area contributed by atoms with Crippen molar-refractivity contribution in [3.8, 4) is 23.0 Å². The molecule has 30 heavy (non-hydrogen) atoms. The van der Waals surface area contributed by atoms with E-state index in [1.165, 1.54) is 0 Å². The van der Waals surface area contributed by atoms with E-state index in [2.05, 4.69) is 16.3 Å². The summed E-state index contributed by atoms with van der Waals surface area (Å²) in [6.45, 7) is 3.96. The van der Waals surface area contributed by atoms with Gasteiger partial charge in [-0.1, -0.05) is 18.2 Å². The van der Waals surface area contributed by atoms with Crippen LogP contribution in [0.5, 0.6) is 23.0 Å². The molecule has 2 rings (SSSR count). The molecule has 0 aliphatic rings. The van der Waals surface area contributed by atoms with Crippen molar-refractivity contribution >= 4 is 29.9 Å². The molecule has 0 aliphatic carbocycles. The van der Waals surface area contributed by atoms with Gasteiger partial charge in [0.1, 0.15) is 5.75 Å². The Morgan fingerprint density at radius 2 is 1.53 bits per heavy atom. The van der Waals surface area contributed by atoms with Gasteiger partial charge in [0.2, 0.25) is 5.75 Å². The number of guanidine groups is 1. The predicted octanol–water partition coefficient (Wildman–Crippen LogP) is 3.94. The van der Waals surface area contributed by atoms with Crippen LogP contribution in [-0.2, 0) is 13.1 Å². The summed E-state index contributed by atoms with van der Waals surface area (Å²) in [6.07, 6.45) is 0. The van der Waals surface area contributed by atoms with Crippen molar-refractivity contribution in [2.24, 2.45) is 4.99 Å². The third-order valence-corrected chi connectivity index (χ3v) is 4.43. The van der Waals surface area contributed by atoms with Crippen molar-refractivity contribution in [3.63, 3.8) is 0 Å². The van der Waals surface area contributed by atoms with Crippen LogP contribution in [0.2, 0.25) is 0 Å². The van der Waals surface area contributed by atoms with Crippen LogP contribution in [0.15, 0.2) is 41.4 Å². The molecule has 0 heterocycles. The van der Waals surface area contributed by atoms with Gasteiger partial charge >= 0.3 is 0 Å². The number of ether oxygens (including phenoxy) is 4. The fraction of sp³-hybridized carbons (Fsp3) is 0.409. The maximum absolute atomic E-state index is 5.46. The van der Waals surface area contributed by atoms with Crippen molar-refractivity contribution in [2.75, 3.05) is 42.0 Å². The van der Waals surface area contributed by atoms with Gasteiger partial charge in [0.15, 0.2) is 17.5 Å². The average Bonchev–Trinajstić information content (AvgIpc) is 2.75. The van der Waals surface area contributed by atoms with E-state index < -0.39 is 0 Å². The first-order valence-corrected chi connectivity index (χ1v) is 9.48. The highest BCUT2D eigenvalue weighted by Crippen LogP contribution is 2.38. The average molecular weight is 529 g/mol. The van der Waals surface area contributed by atoms with Gasteiger partial charge < -0.3 is 29.2 Å². The van der Waals surface area contributed by atoms with Gasteiger partial charge in [-0.2, -0.15) is 0 Å². The molecule has 2 aromatic carbocycles. The van der Waals surface area contributed by atoms with E-state index >= 15 is 0 Å². The van der Waals surface area contributed by atoms with Crippen LogP contribution in [-0.4, -0.2) is 52.9 Å². The van der Waals surface area contributed by atoms with Gasteiger partial charge in [-0.3, -0.25) is 0 Å². The topological polar surface area (TPSA) is 64.6 Å². The van der Waals surface area contributed by atoms with Crippen molar-refractivity contribution in [1.29, 1.82) is 0 Å². The van der Waals surface area contributed by atoms with Crippen LogP contribution in [0.25, 0.3) is 0 Å². The number of nitrogens with one attached hydrogen (secondary N) is 1. The van der Waals surface area contributed by atoms with E-state index in [0.29, 0.717) is 30.3 Å². The van der Waals surface area contributed by atoms with E-state index in [1.807, 2.05) is 44.3 Å². The molecule has 0 saturated carbocycles. The van der Waals surface area contributed by atoms with Crippen molar-refractivity contribution in [2.45, 2.75) is 20.0 Å². The lowest BCUT2D eigenvalue weighted by Gasteiger charge is -2.23. The van der Waals surface area contributed by atoms with Crippen LogP contribution in [0, 0.1) is 0 Å². The first-order valence-electron chi connectivity index (χ1n) is 9.48. The second-order valence-electron chi connectivity index (χ2n) is 6.37. The smallest absolute Gasteiger partial charge is 0.203 e. The summed E-state index contributed by atoms with van der Waals surface area (Å²) < 4.78 is 21.7. The zero-order chi connectivity index (χ0) is 21.2. The minimum absolute atomic E-state index is 0. The van der Waals surface area contributed by atoms with Crippen LogP contribution in [0.4, 0.5) is 0 Å². The van der Waals surface area contributed by atoms with E-state index in [4.69, 9.17) is 23.9 Å². The van der Waals surface area contributed by atoms with E-state index in [9.17, 15) is 0 Å². The van der Waals surface area contributed by atoms with E-state index in [1.54, 1.807) is 28.4 Å². The van der Waals surface area contributed by atoms with Gasteiger partial charge in [0.25, 0.3) is 0 Å². The number of hydrogen-bond donors (Lipinski definition) is 1. The third kappa shape index (κ3) is 6.58. The Morgan fingerprint density at radius 1 is 0.933 bits per heavy atom. The standard InChI is InChI=1S/C22H31N3O4.HI/c1-7-23-22(25(2)15-17-10-8-9-11-18(17)26-3)24-14-16-12-19(27-4)21(29-6)20(13-16)28-5;/h8-13H,7,14-15H2,1-6H3,(H,23,24);1H. The molecule has 166 valence electrons. The lowest BCUT2D eigenvalue weighted by Crippen LogP contribution is -2.38. The number of methoxy groups -OCH3 is 4. The van der Waals surface area contributed by atoms with Gasteiger partial charge in [-0.15, -0.1) is 24.0 Å². The first-order chi connectivity index (χ1) is 14.1. The van der Waals surface area contributed by atoms with E-state index in [-0.39, 0.29) is 24.0 Å². The zero-order valence-corrected chi connectivity index (χ0v) is 20.9.